The second kappa shape index (κ2) is 8.84. The largest absolute Gasteiger partial charge is 0.354 e. The van der Waals surface area contributed by atoms with Crippen LogP contribution >= 0.6 is 24.0 Å². The van der Waals surface area contributed by atoms with Crippen LogP contribution in [0, 0.1) is 6.92 Å². The fourth-order valence-corrected chi connectivity index (χ4v) is 3.40. The Labute approximate surface area is 155 Å². The van der Waals surface area contributed by atoms with E-state index in [4.69, 9.17) is 4.99 Å². The molecule has 0 aromatic carbocycles. The highest BCUT2D eigenvalue weighted by Gasteiger charge is 2.20. The summed E-state index contributed by atoms with van der Waals surface area (Å²) >= 11 is 0. The topological polar surface area (TPSA) is 67.1 Å². The third kappa shape index (κ3) is 5.06. The first-order valence-electron chi connectivity index (χ1n) is 8.65. The summed E-state index contributed by atoms with van der Waals surface area (Å²) in [5.41, 5.74) is 0. The van der Waals surface area contributed by atoms with Gasteiger partial charge in [-0.15, -0.1) is 34.2 Å². The third-order valence-corrected chi connectivity index (χ3v) is 4.95. The van der Waals surface area contributed by atoms with Crippen molar-refractivity contribution in [3.8, 4) is 0 Å². The fourth-order valence-electron chi connectivity index (χ4n) is 3.40. The molecule has 23 heavy (non-hydrogen) atoms. The maximum atomic E-state index is 4.77. The van der Waals surface area contributed by atoms with E-state index in [1.807, 2.05) is 18.5 Å². The van der Waals surface area contributed by atoms with Crippen molar-refractivity contribution in [2.75, 3.05) is 0 Å². The van der Waals surface area contributed by atoms with E-state index in [2.05, 4.69) is 20.8 Å². The first-order valence-corrected chi connectivity index (χ1v) is 8.65. The van der Waals surface area contributed by atoms with Crippen LogP contribution in [0.4, 0.5) is 0 Å². The second-order valence-corrected chi connectivity index (χ2v) is 6.64. The van der Waals surface area contributed by atoms with Crippen molar-refractivity contribution in [1.29, 1.82) is 0 Å². The summed E-state index contributed by atoms with van der Waals surface area (Å²) in [6.07, 6.45) is 10.4. The average Bonchev–Trinajstić information content (AvgIpc) is 3.24. The predicted octanol–water partition coefficient (Wildman–Crippen LogP) is 2.66. The molecule has 0 radical (unpaired) electrons. The Morgan fingerprint density at radius 2 is 1.57 bits per heavy atom. The maximum absolute atomic E-state index is 4.77. The van der Waals surface area contributed by atoms with Crippen molar-refractivity contribution >= 4 is 29.9 Å². The number of aromatic nitrogens is 3. The molecule has 2 saturated carbocycles. The number of guanidine groups is 1. The molecule has 7 heteroatoms. The number of nitrogens with one attached hydrogen (secondary N) is 2. The van der Waals surface area contributed by atoms with Crippen LogP contribution in [0.1, 0.15) is 63.0 Å². The Bertz CT molecular complexity index is 495. The van der Waals surface area contributed by atoms with Gasteiger partial charge in [0.15, 0.2) is 11.8 Å². The summed E-state index contributed by atoms with van der Waals surface area (Å²) < 4.78 is 2.01. The van der Waals surface area contributed by atoms with Crippen molar-refractivity contribution in [2.45, 2.75) is 76.9 Å². The van der Waals surface area contributed by atoms with Gasteiger partial charge in [-0.25, -0.2) is 4.99 Å². The van der Waals surface area contributed by atoms with Crippen LogP contribution in [0.3, 0.4) is 0 Å². The Kier molecular flexibility index (Phi) is 7.10. The van der Waals surface area contributed by atoms with Crippen LogP contribution in [0.2, 0.25) is 0 Å². The summed E-state index contributed by atoms with van der Waals surface area (Å²) in [5.74, 6) is 2.80. The minimum atomic E-state index is 0. The zero-order valence-corrected chi connectivity index (χ0v) is 16.5. The molecule has 1 aromatic rings. The average molecular weight is 432 g/mol. The van der Waals surface area contributed by atoms with E-state index in [0.717, 1.165) is 17.6 Å². The number of nitrogens with zero attached hydrogens (tertiary/aromatic N) is 4. The monoisotopic (exact) mass is 432 g/mol. The first kappa shape index (κ1) is 18.5. The molecule has 2 fully saturated rings. The Hall–Kier alpha value is -0.860. The van der Waals surface area contributed by atoms with Gasteiger partial charge in [0, 0.05) is 19.1 Å². The van der Waals surface area contributed by atoms with E-state index in [0.29, 0.717) is 18.6 Å². The Morgan fingerprint density at radius 3 is 2.00 bits per heavy atom. The van der Waals surface area contributed by atoms with Crippen LogP contribution in [-0.2, 0) is 13.6 Å². The molecule has 2 N–H and O–H groups in total. The second-order valence-electron chi connectivity index (χ2n) is 6.64. The van der Waals surface area contributed by atoms with Crippen molar-refractivity contribution in [2.24, 2.45) is 12.0 Å². The molecule has 1 aromatic heterocycles. The summed E-state index contributed by atoms with van der Waals surface area (Å²) in [6, 6.07) is 1.16. The molecule has 1 heterocycles. The lowest BCUT2D eigenvalue weighted by atomic mass is 10.2. The number of rotatable bonds is 4. The smallest absolute Gasteiger partial charge is 0.192 e. The molecule has 0 saturated heterocycles. The SMILES string of the molecule is Cc1nnc(CN=C(NC2CCCC2)NC2CCCC2)n1C.I. The molecule has 3 rings (SSSR count). The van der Waals surface area contributed by atoms with Crippen molar-refractivity contribution in [3.63, 3.8) is 0 Å². The molecule has 0 aliphatic heterocycles. The molecular formula is C16H29IN6. The quantitative estimate of drug-likeness (QED) is 0.436. The van der Waals surface area contributed by atoms with E-state index in [9.17, 15) is 0 Å². The summed E-state index contributed by atoms with van der Waals surface area (Å²) in [4.78, 5) is 4.77. The molecule has 2 aliphatic rings. The highest BCUT2D eigenvalue weighted by atomic mass is 127. The van der Waals surface area contributed by atoms with Crippen LogP contribution in [-0.4, -0.2) is 32.8 Å². The van der Waals surface area contributed by atoms with Crippen molar-refractivity contribution in [1.82, 2.24) is 25.4 Å². The molecule has 0 atom stereocenters. The van der Waals surface area contributed by atoms with E-state index < -0.39 is 0 Å². The van der Waals surface area contributed by atoms with Gasteiger partial charge >= 0.3 is 0 Å². The van der Waals surface area contributed by atoms with Gasteiger partial charge in [0.1, 0.15) is 12.4 Å². The van der Waals surface area contributed by atoms with Gasteiger partial charge in [0.05, 0.1) is 0 Å². The van der Waals surface area contributed by atoms with E-state index in [1.165, 1.54) is 51.4 Å². The highest BCUT2D eigenvalue weighted by molar-refractivity contribution is 14.0. The van der Waals surface area contributed by atoms with E-state index in [-0.39, 0.29) is 24.0 Å². The van der Waals surface area contributed by atoms with Gasteiger partial charge < -0.3 is 15.2 Å². The normalized spacial score (nSPS) is 18.7. The van der Waals surface area contributed by atoms with Crippen molar-refractivity contribution in [3.05, 3.63) is 11.6 Å². The van der Waals surface area contributed by atoms with Crippen LogP contribution in [0.5, 0.6) is 0 Å². The minimum absolute atomic E-state index is 0. The standard InChI is InChI=1S/C16H28N6.HI/c1-12-20-21-15(22(12)2)11-17-16(18-13-7-3-4-8-13)19-14-9-5-6-10-14;/h13-14H,3-11H2,1-2H3,(H2,17,18,19);1H. The first-order chi connectivity index (χ1) is 10.7. The summed E-state index contributed by atoms with van der Waals surface area (Å²) in [5, 5.41) is 15.5. The van der Waals surface area contributed by atoms with Gasteiger partial charge in [-0.05, 0) is 32.6 Å². The molecule has 2 aliphatic carbocycles. The Morgan fingerprint density at radius 1 is 1.04 bits per heavy atom. The van der Waals surface area contributed by atoms with Gasteiger partial charge in [-0.1, -0.05) is 25.7 Å². The maximum Gasteiger partial charge on any atom is 0.192 e. The predicted molar refractivity (Wildman–Crippen MR) is 103 cm³/mol. The van der Waals surface area contributed by atoms with Gasteiger partial charge in [0.25, 0.3) is 0 Å². The molecule has 0 bridgehead atoms. The minimum Gasteiger partial charge on any atom is -0.354 e. The molecule has 0 amide bonds. The number of hydrogen-bond acceptors (Lipinski definition) is 3. The molecule has 130 valence electrons. The number of halogens is 1. The van der Waals surface area contributed by atoms with E-state index in [1.54, 1.807) is 0 Å². The molecule has 0 unspecified atom stereocenters. The highest BCUT2D eigenvalue weighted by Crippen LogP contribution is 2.19. The molecular weight excluding hydrogens is 403 g/mol. The lowest BCUT2D eigenvalue weighted by Crippen LogP contribution is -2.46. The lowest BCUT2D eigenvalue weighted by Gasteiger charge is -2.20. The van der Waals surface area contributed by atoms with Gasteiger partial charge in [-0.2, -0.15) is 0 Å². The van der Waals surface area contributed by atoms with Crippen LogP contribution in [0.15, 0.2) is 4.99 Å². The number of hydrogen-bond donors (Lipinski definition) is 2. The number of aliphatic imine (C=N–C) groups is 1. The van der Waals surface area contributed by atoms with Gasteiger partial charge in [0.2, 0.25) is 0 Å². The summed E-state index contributed by atoms with van der Waals surface area (Å²) in [6.45, 7) is 2.54. The van der Waals surface area contributed by atoms with Gasteiger partial charge in [-0.3, -0.25) is 0 Å². The zero-order chi connectivity index (χ0) is 15.4. The van der Waals surface area contributed by atoms with Crippen molar-refractivity contribution < 1.29 is 0 Å². The third-order valence-electron chi connectivity index (χ3n) is 4.95. The zero-order valence-electron chi connectivity index (χ0n) is 14.2. The fraction of sp³-hybridized carbons (Fsp3) is 0.812. The Balaban J connectivity index is 0.00000192. The lowest BCUT2D eigenvalue weighted by molar-refractivity contribution is 0.570. The van der Waals surface area contributed by atoms with Crippen LogP contribution < -0.4 is 10.6 Å². The number of aryl methyl sites for hydroxylation is 1. The summed E-state index contributed by atoms with van der Waals surface area (Å²) in [7, 11) is 1.99. The molecule has 0 spiro atoms. The van der Waals surface area contributed by atoms with E-state index >= 15 is 0 Å². The van der Waals surface area contributed by atoms with Crippen LogP contribution in [0.25, 0.3) is 0 Å². The molecule has 6 nitrogen and oxygen atoms in total.